The maximum Gasteiger partial charge on any atom is 0.255 e. The molecule has 1 fully saturated rings. The van der Waals surface area contributed by atoms with Gasteiger partial charge in [0.25, 0.3) is 5.91 Å². The van der Waals surface area contributed by atoms with Crippen molar-refractivity contribution < 1.29 is 9.90 Å². The van der Waals surface area contributed by atoms with Gasteiger partial charge in [0.2, 0.25) is 0 Å². The standard InChI is InChI=1S/C19H23N3O2/c1-15-7-8-17(13-20-15)19(24)22-11-9-21(10-12-22)14-18(23)16-5-3-2-4-6-16/h2-8,13,18,23H,9-12,14H2,1H3/t18-/m1/s1. The van der Waals surface area contributed by atoms with Gasteiger partial charge in [-0.05, 0) is 24.6 Å². The number of aliphatic hydroxyl groups is 1. The number of carbonyl (C=O) groups is 1. The lowest BCUT2D eigenvalue weighted by atomic mass is 10.1. The number of nitrogens with zero attached hydrogens (tertiary/aromatic N) is 3. The number of benzene rings is 1. The number of aromatic nitrogens is 1. The van der Waals surface area contributed by atoms with Crippen LogP contribution in [0.5, 0.6) is 0 Å². The predicted octanol–water partition coefficient (Wildman–Crippen LogP) is 1.88. The van der Waals surface area contributed by atoms with Crippen molar-refractivity contribution in [2.24, 2.45) is 0 Å². The number of aliphatic hydroxyl groups excluding tert-OH is 1. The zero-order chi connectivity index (χ0) is 16.9. The molecule has 0 aliphatic carbocycles. The lowest BCUT2D eigenvalue weighted by molar-refractivity contribution is 0.0527. The molecular formula is C19H23N3O2. The van der Waals surface area contributed by atoms with E-state index in [1.807, 2.05) is 54.3 Å². The van der Waals surface area contributed by atoms with Gasteiger partial charge in [0.1, 0.15) is 0 Å². The Labute approximate surface area is 142 Å². The van der Waals surface area contributed by atoms with Crippen LogP contribution >= 0.6 is 0 Å². The summed E-state index contributed by atoms with van der Waals surface area (Å²) in [6, 6.07) is 13.4. The highest BCUT2D eigenvalue weighted by atomic mass is 16.3. The lowest BCUT2D eigenvalue weighted by Gasteiger charge is -2.35. The molecule has 2 heterocycles. The van der Waals surface area contributed by atoms with Crippen LogP contribution in [-0.2, 0) is 0 Å². The molecular weight excluding hydrogens is 302 g/mol. The van der Waals surface area contributed by atoms with E-state index < -0.39 is 6.10 Å². The second-order valence-electron chi connectivity index (χ2n) is 6.21. The molecule has 1 atom stereocenters. The summed E-state index contributed by atoms with van der Waals surface area (Å²) in [6.07, 6.45) is 1.15. The molecule has 1 N–H and O–H groups in total. The van der Waals surface area contributed by atoms with Crippen LogP contribution in [0.4, 0.5) is 0 Å². The summed E-state index contributed by atoms with van der Waals surface area (Å²) >= 11 is 0. The van der Waals surface area contributed by atoms with Gasteiger partial charge < -0.3 is 10.0 Å². The van der Waals surface area contributed by atoms with Gasteiger partial charge in [-0.2, -0.15) is 0 Å². The number of hydrogen-bond donors (Lipinski definition) is 1. The summed E-state index contributed by atoms with van der Waals surface area (Å²) in [5.41, 5.74) is 2.48. The molecule has 5 heteroatoms. The van der Waals surface area contributed by atoms with Gasteiger partial charge in [-0.15, -0.1) is 0 Å². The molecule has 0 unspecified atom stereocenters. The highest BCUT2D eigenvalue weighted by Crippen LogP contribution is 2.15. The van der Waals surface area contributed by atoms with Crippen molar-refractivity contribution >= 4 is 5.91 Å². The van der Waals surface area contributed by atoms with E-state index in [0.717, 1.165) is 24.3 Å². The van der Waals surface area contributed by atoms with Crippen LogP contribution in [0.2, 0.25) is 0 Å². The number of piperazine rings is 1. The molecule has 1 aliphatic rings. The normalized spacial score (nSPS) is 16.8. The van der Waals surface area contributed by atoms with Crippen LogP contribution < -0.4 is 0 Å². The van der Waals surface area contributed by atoms with Gasteiger partial charge in [0.05, 0.1) is 11.7 Å². The van der Waals surface area contributed by atoms with Gasteiger partial charge in [-0.3, -0.25) is 14.7 Å². The van der Waals surface area contributed by atoms with Crippen LogP contribution in [0.25, 0.3) is 0 Å². The molecule has 0 spiro atoms. The zero-order valence-corrected chi connectivity index (χ0v) is 13.9. The summed E-state index contributed by atoms with van der Waals surface area (Å²) in [5, 5.41) is 10.3. The van der Waals surface area contributed by atoms with Crippen molar-refractivity contribution in [2.45, 2.75) is 13.0 Å². The van der Waals surface area contributed by atoms with E-state index in [1.165, 1.54) is 0 Å². The highest BCUT2D eigenvalue weighted by molar-refractivity contribution is 5.94. The van der Waals surface area contributed by atoms with Crippen molar-refractivity contribution in [3.63, 3.8) is 0 Å². The molecule has 2 aromatic rings. The van der Waals surface area contributed by atoms with Crippen molar-refractivity contribution in [3.05, 3.63) is 65.5 Å². The number of pyridine rings is 1. The third-order valence-corrected chi connectivity index (χ3v) is 4.43. The fraction of sp³-hybridized carbons (Fsp3) is 0.368. The first kappa shape index (κ1) is 16.6. The fourth-order valence-corrected chi connectivity index (χ4v) is 2.94. The summed E-state index contributed by atoms with van der Waals surface area (Å²) in [7, 11) is 0. The summed E-state index contributed by atoms with van der Waals surface area (Å²) in [5.74, 6) is 0.0331. The summed E-state index contributed by atoms with van der Waals surface area (Å²) in [6.45, 7) is 5.40. The predicted molar refractivity (Wildman–Crippen MR) is 92.7 cm³/mol. The Kier molecular flexibility index (Phi) is 5.23. The average molecular weight is 325 g/mol. The molecule has 0 radical (unpaired) electrons. The van der Waals surface area contributed by atoms with Gasteiger partial charge in [-0.1, -0.05) is 30.3 Å². The van der Waals surface area contributed by atoms with Gasteiger partial charge in [0, 0.05) is 44.6 Å². The van der Waals surface area contributed by atoms with E-state index in [-0.39, 0.29) is 5.91 Å². The molecule has 1 aromatic heterocycles. The Balaban J connectivity index is 1.52. The topological polar surface area (TPSA) is 56.7 Å². The molecule has 1 aromatic carbocycles. The van der Waals surface area contributed by atoms with E-state index in [9.17, 15) is 9.90 Å². The second-order valence-corrected chi connectivity index (χ2v) is 6.21. The van der Waals surface area contributed by atoms with E-state index >= 15 is 0 Å². The first-order chi connectivity index (χ1) is 11.6. The third-order valence-electron chi connectivity index (χ3n) is 4.43. The Morgan fingerprint density at radius 2 is 1.83 bits per heavy atom. The number of hydrogen-bond acceptors (Lipinski definition) is 4. The molecule has 0 saturated carbocycles. The third kappa shape index (κ3) is 3.99. The molecule has 126 valence electrons. The summed E-state index contributed by atoms with van der Waals surface area (Å²) < 4.78 is 0. The number of aryl methyl sites for hydroxylation is 1. The first-order valence-corrected chi connectivity index (χ1v) is 8.31. The SMILES string of the molecule is Cc1ccc(C(=O)N2CCN(C[C@@H](O)c3ccccc3)CC2)cn1. The van der Waals surface area contributed by atoms with Crippen LogP contribution in [0, 0.1) is 6.92 Å². The van der Waals surface area contributed by atoms with Crippen LogP contribution in [0.3, 0.4) is 0 Å². The highest BCUT2D eigenvalue weighted by Gasteiger charge is 2.23. The first-order valence-electron chi connectivity index (χ1n) is 8.31. The minimum absolute atomic E-state index is 0.0331. The van der Waals surface area contributed by atoms with Gasteiger partial charge in [0.15, 0.2) is 0 Å². The van der Waals surface area contributed by atoms with E-state index in [4.69, 9.17) is 0 Å². The Morgan fingerprint density at radius 3 is 2.46 bits per heavy atom. The minimum Gasteiger partial charge on any atom is -0.387 e. The van der Waals surface area contributed by atoms with Crippen LogP contribution in [0.15, 0.2) is 48.7 Å². The lowest BCUT2D eigenvalue weighted by Crippen LogP contribution is -2.49. The fourth-order valence-electron chi connectivity index (χ4n) is 2.94. The van der Waals surface area contributed by atoms with E-state index in [0.29, 0.717) is 25.2 Å². The van der Waals surface area contributed by atoms with Crippen molar-refractivity contribution in [2.75, 3.05) is 32.7 Å². The van der Waals surface area contributed by atoms with Gasteiger partial charge in [-0.25, -0.2) is 0 Å². The number of carbonyl (C=O) groups excluding carboxylic acids is 1. The maximum absolute atomic E-state index is 12.5. The van der Waals surface area contributed by atoms with E-state index in [2.05, 4.69) is 9.88 Å². The van der Waals surface area contributed by atoms with Crippen molar-refractivity contribution in [3.8, 4) is 0 Å². The van der Waals surface area contributed by atoms with Crippen LogP contribution in [-0.4, -0.2) is 58.5 Å². The van der Waals surface area contributed by atoms with Gasteiger partial charge >= 0.3 is 0 Å². The van der Waals surface area contributed by atoms with Crippen LogP contribution in [0.1, 0.15) is 27.7 Å². The molecule has 5 nitrogen and oxygen atoms in total. The Bertz CT molecular complexity index is 665. The molecule has 1 saturated heterocycles. The monoisotopic (exact) mass is 325 g/mol. The molecule has 24 heavy (non-hydrogen) atoms. The summed E-state index contributed by atoms with van der Waals surface area (Å²) in [4.78, 5) is 20.7. The number of amides is 1. The molecule has 1 aliphatic heterocycles. The smallest absolute Gasteiger partial charge is 0.255 e. The largest absolute Gasteiger partial charge is 0.387 e. The number of β-amino-alcohol motifs (C(OH)–C–C–N with tert-alkyl or cyclic N) is 1. The average Bonchev–Trinajstić information content (AvgIpc) is 2.63. The molecule has 0 bridgehead atoms. The Morgan fingerprint density at radius 1 is 1.12 bits per heavy atom. The van der Waals surface area contributed by atoms with Crippen molar-refractivity contribution in [1.82, 2.24) is 14.8 Å². The second kappa shape index (κ2) is 7.55. The zero-order valence-electron chi connectivity index (χ0n) is 13.9. The molecule has 3 rings (SSSR count). The minimum atomic E-state index is -0.491. The quantitative estimate of drug-likeness (QED) is 0.932. The maximum atomic E-state index is 12.5. The van der Waals surface area contributed by atoms with E-state index in [1.54, 1.807) is 6.20 Å². The number of rotatable bonds is 4. The molecule has 1 amide bonds. The van der Waals surface area contributed by atoms with Crippen molar-refractivity contribution in [1.29, 1.82) is 0 Å². The Hall–Kier alpha value is -2.24.